The van der Waals surface area contributed by atoms with Gasteiger partial charge < -0.3 is 10.1 Å². The van der Waals surface area contributed by atoms with E-state index in [2.05, 4.69) is 10.3 Å². The molecule has 2 aromatic carbocycles. The van der Waals surface area contributed by atoms with Gasteiger partial charge in [-0.25, -0.2) is 9.37 Å². The van der Waals surface area contributed by atoms with Crippen LogP contribution in [0.5, 0.6) is 11.6 Å². The van der Waals surface area contributed by atoms with Gasteiger partial charge in [-0.15, -0.1) is 0 Å². The minimum atomic E-state index is -0.463. The molecule has 3 rings (SSSR count). The van der Waals surface area contributed by atoms with Crippen molar-refractivity contribution in [2.75, 3.05) is 5.32 Å². The van der Waals surface area contributed by atoms with Crippen molar-refractivity contribution < 1.29 is 13.9 Å². The summed E-state index contributed by atoms with van der Waals surface area (Å²) in [7, 11) is 0. The van der Waals surface area contributed by atoms with Gasteiger partial charge in [0.1, 0.15) is 23.2 Å². The first kappa shape index (κ1) is 18.1. The van der Waals surface area contributed by atoms with Crippen molar-refractivity contribution in [2.45, 2.75) is 13.8 Å². The molecule has 0 saturated carbocycles. The fraction of sp³-hybridized carbons (Fsp3) is 0.0952. The van der Waals surface area contributed by atoms with Gasteiger partial charge in [0.25, 0.3) is 5.91 Å². The lowest BCUT2D eigenvalue weighted by Gasteiger charge is -2.12. The van der Waals surface area contributed by atoms with Crippen LogP contribution in [0.3, 0.4) is 0 Å². The largest absolute Gasteiger partial charge is 0.438 e. The first-order valence-corrected chi connectivity index (χ1v) is 8.19. The highest BCUT2D eigenvalue weighted by molar-refractivity contribution is 6.05. The molecular formula is C21H16FN3O2. The van der Waals surface area contributed by atoms with Crippen molar-refractivity contribution in [2.24, 2.45) is 0 Å². The topological polar surface area (TPSA) is 75.0 Å². The summed E-state index contributed by atoms with van der Waals surface area (Å²) in [5, 5.41) is 11.9. The van der Waals surface area contributed by atoms with Crippen LogP contribution in [0.1, 0.15) is 27.0 Å². The summed E-state index contributed by atoms with van der Waals surface area (Å²) in [6, 6.07) is 14.5. The number of aryl methyl sites for hydroxylation is 2. The molecule has 0 saturated heterocycles. The number of halogens is 1. The highest BCUT2D eigenvalue weighted by Crippen LogP contribution is 2.27. The van der Waals surface area contributed by atoms with Crippen LogP contribution in [-0.2, 0) is 0 Å². The van der Waals surface area contributed by atoms with Gasteiger partial charge in [0, 0.05) is 17.4 Å². The molecule has 6 heteroatoms. The monoisotopic (exact) mass is 361 g/mol. The molecule has 5 nitrogen and oxygen atoms in total. The Hall–Kier alpha value is -3.72. The second kappa shape index (κ2) is 7.67. The number of anilines is 1. The minimum Gasteiger partial charge on any atom is -0.438 e. The van der Waals surface area contributed by atoms with E-state index in [1.807, 2.05) is 13.0 Å². The summed E-state index contributed by atoms with van der Waals surface area (Å²) in [4.78, 5) is 16.5. The van der Waals surface area contributed by atoms with E-state index >= 15 is 0 Å². The summed E-state index contributed by atoms with van der Waals surface area (Å²) < 4.78 is 19.1. The number of carbonyl (C=O) groups excluding carboxylic acids is 1. The van der Waals surface area contributed by atoms with Gasteiger partial charge in [0.2, 0.25) is 5.88 Å². The lowest BCUT2D eigenvalue weighted by atomic mass is 10.1. The number of aromatic nitrogens is 1. The molecule has 0 bridgehead atoms. The van der Waals surface area contributed by atoms with Gasteiger partial charge in [-0.2, -0.15) is 5.26 Å². The van der Waals surface area contributed by atoms with E-state index in [0.717, 1.165) is 5.56 Å². The van der Waals surface area contributed by atoms with Gasteiger partial charge in [0.05, 0.1) is 0 Å². The van der Waals surface area contributed by atoms with E-state index in [4.69, 9.17) is 10.00 Å². The Morgan fingerprint density at radius 1 is 1.15 bits per heavy atom. The zero-order chi connectivity index (χ0) is 19.4. The van der Waals surface area contributed by atoms with Crippen molar-refractivity contribution >= 4 is 11.6 Å². The molecule has 0 radical (unpaired) electrons. The summed E-state index contributed by atoms with van der Waals surface area (Å²) in [5.74, 6) is -0.149. The second-order valence-corrected chi connectivity index (χ2v) is 5.96. The van der Waals surface area contributed by atoms with Crippen LogP contribution in [0.4, 0.5) is 10.1 Å². The number of nitrogens with zero attached hydrogens (tertiary/aromatic N) is 2. The van der Waals surface area contributed by atoms with Crippen LogP contribution in [0, 0.1) is 31.0 Å². The molecule has 1 amide bonds. The SMILES string of the molecule is Cc1cc(Oc2ncccc2C#N)ccc1NC(=O)c1cc(F)ccc1C. The van der Waals surface area contributed by atoms with Crippen LogP contribution in [0.25, 0.3) is 0 Å². The standard InChI is InChI=1S/C21H16FN3O2/c1-13-5-6-16(22)11-18(13)20(26)25-19-8-7-17(10-14(19)2)27-21-15(12-23)4-3-9-24-21/h3-11H,1-2H3,(H,25,26). The molecule has 27 heavy (non-hydrogen) atoms. The van der Waals surface area contributed by atoms with E-state index < -0.39 is 5.82 Å². The average Bonchev–Trinajstić information content (AvgIpc) is 2.66. The lowest BCUT2D eigenvalue weighted by Crippen LogP contribution is -2.14. The Balaban J connectivity index is 1.80. The summed E-state index contributed by atoms with van der Waals surface area (Å²) in [5.41, 5.74) is 2.63. The third-order valence-corrected chi connectivity index (χ3v) is 4.00. The third kappa shape index (κ3) is 4.10. The maximum absolute atomic E-state index is 13.4. The highest BCUT2D eigenvalue weighted by Gasteiger charge is 2.13. The number of benzene rings is 2. The number of rotatable bonds is 4. The van der Waals surface area contributed by atoms with Crippen LogP contribution in [-0.4, -0.2) is 10.9 Å². The predicted octanol–water partition coefficient (Wildman–Crippen LogP) is 4.75. The summed E-state index contributed by atoms with van der Waals surface area (Å²) in [6.45, 7) is 3.56. The molecule has 0 aliphatic rings. The molecule has 0 spiro atoms. The Morgan fingerprint density at radius 3 is 2.70 bits per heavy atom. The fourth-order valence-corrected chi connectivity index (χ4v) is 2.54. The van der Waals surface area contributed by atoms with Crippen molar-refractivity contribution in [1.82, 2.24) is 4.98 Å². The van der Waals surface area contributed by atoms with Gasteiger partial charge >= 0.3 is 0 Å². The van der Waals surface area contributed by atoms with Crippen LogP contribution >= 0.6 is 0 Å². The number of nitrogens with one attached hydrogen (secondary N) is 1. The molecule has 3 aromatic rings. The first-order chi connectivity index (χ1) is 13.0. The number of hydrogen-bond acceptors (Lipinski definition) is 4. The molecule has 1 aromatic heterocycles. The fourth-order valence-electron chi connectivity index (χ4n) is 2.54. The number of ether oxygens (including phenoxy) is 1. The molecular weight excluding hydrogens is 345 g/mol. The molecule has 1 N–H and O–H groups in total. The van der Waals surface area contributed by atoms with E-state index in [0.29, 0.717) is 22.6 Å². The smallest absolute Gasteiger partial charge is 0.256 e. The van der Waals surface area contributed by atoms with E-state index in [1.165, 1.54) is 12.1 Å². The Kier molecular flexibility index (Phi) is 5.13. The predicted molar refractivity (Wildman–Crippen MR) is 99.3 cm³/mol. The highest BCUT2D eigenvalue weighted by atomic mass is 19.1. The molecule has 0 atom stereocenters. The van der Waals surface area contributed by atoms with Crippen LogP contribution in [0.2, 0.25) is 0 Å². The molecule has 0 unspecified atom stereocenters. The summed E-state index contributed by atoms with van der Waals surface area (Å²) in [6.07, 6.45) is 1.54. The summed E-state index contributed by atoms with van der Waals surface area (Å²) >= 11 is 0. The molecule has 134 valence electrons. The maximum Gasteiger partial charge on any atom is 0.256 e. The zero-order valence-electron chi connectivity index (χ0n) is 14.8. The average molecular weight is 361 g/mol. The Labute approximate surface area is 156 Å². The molecule has 0 aliphatic heterocycles. The third-order valence-electron chi connectivity index (χ3n) is 4.00. The lowest BCUT2D eigenvalue weighted by molar-refractivity contribution is 0.102. The second-order valence-electron chi connectivity index (χ2n) is 5.96. The maximum atomic E-state index is 13.4. The number of nitriles is 1. The number of carbonyl (C=O) groups is 1. The van der Waals surface area contributed by atoms with Crippen LogP contribution < -0.4 is 10.1 Å². The van der Waals surface area contributed by atoms with Crippen molar-refractivity contribution in [3.8, 4) is 17.7 Å². The quantitative estimate of drug-likeness (QED) is 0.727. The van der Waals surface area contributed by atoms with Gasteiger partial charge in [0.15, 0.2) is 0 Å². The number of hydrogen-bond donors (Lipinski definition) is 1. The van der Waals surface area contributed by atoms with E-state index in [1.54, 1.807) is 49.5 Å². The van der Waals surface area contributed by atoms with E-state index in [-0.39, 0.29) is 17.4 Å². The zero-order valence-corrected chi connectivity index (χ0v) is 14.8. The normalized spacial score (nSPS) is 10.1. The van der Waals surface area contributed by atoms with Crippen molar-refractivity contribution in [1.29, 1.82) is 5.26 Å². The first-order valence-electron chi connectivity index (χ1n) is 8.19. The number of pyridine rings is 1. The molecule has 0 aliphatic carbocycles. The minimum absolute atomic E-state index is 0.214. The molecule has 0 fully saturated rings. The van der Waals surface area contributed by atoms with E-state index in [9.17, 15) is 9.18 Å². The van der Waals surface area contributed by atoms with Gasteiger partial charge in [-0.05, 0) is 67.4 Å². The Morgan fingerprint density at radius 2 is 1.96 bits per heavy atom. The number of amides is 1. The van der Waals surface area contributed by atoms with Crippen LogP contribution in [0.15, 0.2) is 54.7 Å². The van der Waals surface area contributed by atoms with Crippen molar-refractivity contribution in [3.05, 3.63) is 82.8 Å². The Bertz CT molecular complexity index is 1060. The van der Waals surface area contributed by atoms with Crippen molar-refractivity contribution in [3.63, 3.8) is 0 Å². The molecule has 1 heterocycles. The van der Waals surface area contributed by atoms with Gasteiger partial charge in [-0.3, -0.25) is 4.79 Å². The van der Waals surface area contributed by atoms with Gasteiger partial charge in [-0.1, -0.05) is 6.07 Å².